The summed E-state index contributed by atoms with van der Waals surface area (Å²) in [5.74, 6) is -0.878. The third-order valence-electron chi connectivity index (χ3n) is 5.16. The highest BCUT2D eigenvalue weighted by atomic mass is 35.5. The van der Waals surface area contributed by atoms with Crippen LogP contribution in [0.2, 0.25) is 10.0 Å². The van der Waals surface area contributed by atoms with Crippen LogP contribution in [0, 0.1) is 6.92 Å². The molecule has 1 amide bonds. The van der Waals surface area contributed by atoms with Gasteiger partial charge in [0.2, 0.25) is 0 Å². The number of halogens is 2. The Morgan fingerprint density at radius 2 is 1.78 bits per heavy atom. The van der Waals surface area contributed by atoms with Crippen molar-refractivity contribution in [2.24, 2.45) is 0 Å². The Morgan fingerprint density at radius 1 is 1.06 bits per heavy atom. The molecule has 0 radical (unpaired) electrons. The van der Waals surface area contributed by atoms with Crippen molar-refractivity contribution in [3.63, 3.8) is 0 Å². The number of amides is 1. The summed E-state index contributed by atoms with van der Waals surface area (Å²) in [6, 6.07) is 11.3. The quantitative estimate of drug-likeness (QED) is 0.370. The molecule has 2 aromatic carbocycles. The van der Waals surface area contributed by atoms with Crippen LogP contribution >= 0.6 is 23.2 Å². The average molecular weight is 534 g/mol. The first-order valence-corrected chi connectivity index (χ1v) is 11.9. The first kappa shape index (κ1) is 27.1. The zero-order chi connectivity index (χ0) is 26.1. The average Bonchev–Trinajstić information content (AvgIpc) is 3.27. The van der Waals surface area contributed by atoms with Crippen LogP contribution in [0.5, 0.6) is 0 Å². The Morgan fingerprint density at radius 3 is 2.47 bits per heavy atom. The Kier molecular flexibility index (Phi) is 9.77. The number of esters is 1. The molecule has 1 aromatic heterocycles. The van der Waals surface area contributed by atoms with Gasteiger partial charge in [0.1, 0.15) is 19.2 Å². The van der Waals surface area contributed by atoms with Crippen LogP contribution in [0.15, 0.2) is 42.5 Å². The fourth-order valence-electron chi connectivity index (χ4n) is 3.25. The molecule has 190 valence electrons. The van der Waals surface area contributed by atoms with Crippen LogP contribution in [0.3, 0.4) is 0 Å². The van der Waals surface area contributed by atoms with E-state index in [4.69, 9.17) is 32.7 Å². The normalized spacial score (nSPS) is 11.6. The lowest BCUT2D eigenvalue weighted by atomic mass is 10.1. The summed E-state index contributed by atoms with van der Waals surface area (Å²) in [6.45, 7) is 3.34. The number of alkyl carbamates (subject to hydrolysis) is 1. The number of hydrogen-bond acceptors (Lipinski definition) is 8. The maximum absolute atomic E-state index is 12.9. The molecule has 1 heterocycles. The zero-order valence-corrected chi connectivity index (χ0v) is 21.3. The van der Waals surface area contributed by atoms with Gasteiger partial charge >= 0.3 is 12.1 Å². The summed E-state index contributed by atoms with van der Waals surface area (Å²) < 4.78 is 10.2. The van der Waals surface area contributed by atoms with E-state index in [1.165, 1.54) is 0 Å². The molecule has 0 saturated carbocycles. The highest BCUT2D eigenvalue weighted by Crippen LogP contribution is 2.25. The highest BCUT2D eigenvalue weighted by Gasteiger charge is 2.26. The number of benzene rings is 2. The fraction of sp³-hybridized carbons (Fsp3) is 0.333. The molecule has 10 nitrogen and oxygen atoms in total. The van der Waals surface area contributed by atoms with Crippen molar-refractivity contribution >= 4 is 41.0 Å². The van der Waals surface area contributed by atoms with Crippen molar-refractivity contribution < 1.29 is 23.9 Å². The van der Waals surface area contributed by atoms with Gasteiger partial charge in [-0.05, 0) is 47.9 Å². The monoisotopic (exact) mass is 533 g/mol. The summed E-state index contributed by atoms with van der Waals surface area (Å²) in [5, 5.41) is 15.4. The van der Waals surface area contributed by atoms with Gasteiger partial charge < -0.3 is 14.8 Å². The first-order valence-electron chi connectivity index (χ1n) is 11.1. The van der Waals surface area contributed by atoms with Gasteiger partial charge in [-0.1, -0.05) is 53.5 Å². The molecular formula is C24H25Cl2N5O5. The second-order valence-corrected chi connectivity index (χ2v) is 8.60. The van der Waals surface area contributed by atoms with Crippen LogP contribution in [0.1, 0.15) is 35.9 Å². The van der Waals surface area contributed by atoms with E-state index in [0.717, 1.165) is 15.9 Å². The van der Waals surface area contributed by atoms with Gasteiger partial charge in [0, 0.05) is 16.5 Å². The molecule has 0 bridgehead atoms. The second-order valence-electron chi connectivity index (χ2n) is 7.79. The van der Waals surface area contributed by atoms with Crippen molar-refractivity contribution in [2.75, 3.05) is 6.61 Å². The number of nitrogens with zero attached hydrogens (tertiary/aromatic N) is 4. The van der Waals surface area contributed by atoms with Crippen molar-refractivity contribution in [3.8, 4) is 0 Å². The third kappa shape index (κ3) is 7.76. The SMILES string of the molecule is CCOC(=O)CC(NC(=O)OCc1ccccc1C)C(=O)Cn1nnc(Cc2c(Cl)cccc2Cl)n1. The number of rotatable bonds is 11. The van der Waals surface area contributed by atoms with E-state index >= 15 is 0 Å². The minimum atomic E-state index is -1.21. The van der Waals surface area contributed by atoms with Crippen LogP contribution in [0.4, 0.5) is 4.79 Å². The van der Waals surface area contributed by atoms with Crippen LogP contribution in [0.25, 0.3) is 0 Å². The van der Waals surface area contributed by atoms with E-state index in [-0.39, 0.29) is 32.6 Å². The van der Waals surface area contributed by atoms with Gasteiger partial charge in [-0.25, -0.2) is 4.79 Å². The van der Waals surface area contributed by atoms with Crippen molar-refractivity contribution in [1.82, 2.24) is 25.5 Å². The van der Waals surface area contributed by atoms with Gasteiger partial charge in [0.25, 0.3) is 0 Å². The minimum Gasteiger partial charge on any atom is -0.466 e. The second kappa shape index (κ2) is 13.0. The minimum absolute atomic E-state index is 0.0113. The van der Waals surface area contributed by atoms with Crippen LogP contribution in [-0.2, 0) is 38.6 Å². The van der Waals surface area contributed by atoms with E-state index in [1.54, 1.807) is 25.1 Å². The summed E-state index contributed by atoms with van der Waals surface area (Å²) in [5.41, 5.74) is 2.40. The summed E-state index contributed by atoms with van der Waals surface area (Å²) in [6.07, 6.45) is -1.01. The topological polar surface area (TPSA) is 125 Å². The van der Waals surface area contributed by atoms with E-state index in [1.807, 2.05) is 31.2 Å². The first-order chi connectivity index (χ1) is 17.3. The summed E-state index contributed by atoms with van der Waals surface area (Å²) in [4.78, 5) is 38.5. The Bertz CT molecular complexity index is 1210. The number of carbonyl (C=O) groups is 3. The molecular weight excluding hydrogens is 509 g/mol. The van der Waals surface area contributed by atoms with Crippen molar-refractivity contribution in [3.05, 3.63) is 75.0 Å². The fourth-order valence-corrected chi connectivity index (χ4v) is 3.79. The lowest BCUT2D eigenvalue weighted by Crippen LogP contribution is -2.44. The molecule has 0 aliphatic heterocycles. The van der Waals surface area contributed by atoms with Gasteiger partial charge in [-0.2, -0.15) is 4.80 Å². The van der Waals surface area contributed by atoms with E-state index < -0.39 is 23.9 Å². The number of ketones is 1. The number of tetrazole rings is 1. The van der Waals surface area contributed by atoms with E-state index in [2.05, 4.69) is 20.7 Å². The number of aryl methyl sites for hydroxylation is 1. The molecule has 1 atom stereocenters. The molecule has 36 heavy (non-hydrogen) atoms. The van der Waals surface area contributed by atoms with Crippen molar-refractivity contribution in [1.29, 1.82) is 0 Å². The Hall–Kier alpha value is -3.50. The third-order valence-corrected chi connectivity index (χ3v) is 5.87. The molecule has 0 saturated heterocycles. The zero-order valence-electron chi connectivity index (χ0n) is 19.7. The van der Waals surface area contributed by atoms with Gasteiger partial charge in [-0.15, -0.1) is 10.2 Å². The van der Waals surface area contributed by atoms with Gasteiger partial charge in [0.05, 0.1) is 13.0 Å². The molecule has 1 unspecified atom stereocenters. The summed E-state index contributed by atoms with van der Waals surface area (Å²) in [7, 11) is 0. The molecule has 0 fully saturated rings. The number of carbonyl (C=O) groups excluding carboxylic acids is 3. The van der Waals surface area contributed by atoms with Crippen LogP contribution < -0.4 is 5.32 Å². The molecule has 0 aliphatic rings. The maximum atomic E-state index is 12.9. The standard InChI is InChI=1S/C24H25Cl2N5O5/c1-3-35-23(33)12-20(27-24(34)36-14-16-8-5-4-7-15(16)2)21(32)13-31-29-22(28-30-31)11-17-18(25)9-6-10-19(17)26/h4-10,20H,3,11-14H2,1-2H3,(H,27,34). The van der Waals surface area contributed by atoms with Crippen LogP contribution in [-0.4, -0.2) is 50.7 Å². The number of ether oxygens (including phenoxy) is 2. The molecule has 12 heteroatoms. The van der Waals surface area contributed by atoms with Gasteiger partial charge in [0.15, 0.2) is 11.6 Å². The summed E-state index contributed by atoms with van der Waals surface area (Å²) >= 11 is 12.4. The number of aromatic nitrogens is 4. The Balaban J connectivity index is 1.64. The molecule has 3 aromatic rings. The molecule has 0 spiro atoms. The number of nitrogens with one attached hydrogen (secondary N) is 1. The predicted octanol–water partition coefficient (Wildman–Crippen LogP) is 3.70. The molecule has 0 aliphatic carbocycles. The lowest BCUT2D eigenvalue weighted by Gasteiger charge is -2.17. The largest absolute Gasteiger partial charge is 0.466 e. The van der Waals surface area contributed by atoms with Gasteiger partial charge in [-0.3, -0.25) is 9.59 Å². The molecule has 1 N–H and O–H groups in total. The van der Waals surface area contributed by atoms with Crippen molar-refractivity contribution in [2.45, 2.75) is 45.9 Å². The smallest absolute Gasteiger partial charge is 0.408 e. The van der Waals surface area contributed by atoms with E-state index in [0.29, 0.717) is 21.4 Å². The predicted molar refractivity (Wildman–Crippen MR) is 132 cm³/mol. The highest BCUT2D eigenvalue weighted by molar-refractivity contribution is 6.36. The number of hydrogen-bond donors (Lipinski definition) is 1. The Labute approximate surface area is 217 Å². The maximum Gasteiger partial charge on any atom is 0.408 e. The van der Waals surface area contributed by atoms with E-state index in [9.17, 15) is 14.4 Å². The molecule has 3 rings (SSSR count). The number of Topliss-reactive ketones (excluding diaryl/α,β-unsaturated/α-hetero) is 1. The lowest BCUT2D eigenvalue weighted by molar-refractivity contribution is -0.145.